The maximum absolute atomic E-state index is 13.5. The summed E-state index contributed by atoms with van der Waals surface area (Å²) in [6.07, 6.45) is 0. The number of hydrogen-bond donors (Lipinski definition) is 1. The number of halogens is 2. The van der Waals surface area contributed by atoms with E-state index in [0.29, 0.717) is 16.4 Å². The van der Waals surface area contributed by atoms with Crippen LogP contribution >= 0.6 is 11.6 Å². The average Bonchev–Trinajstić information content (AvgIpc) is 2.64. The van der Waals surface area contributed by atoms with Crippen molar-refractivity contribution in [2.45, 2.75) is 13.5 Å². The molecule has 1 heterocycles. The lowest BCUT2D eigenvalue weighted by atomic mass is 10.2. The number of hydrogen-bond acceptors (Lipinski definition) is 4. The number of benzene rings is 1. The largest absolute Gasteiger partial charge is 0.455 e. The first-order valence-electron chi connectivity index (χ1n) is 5.80. The van der Waals surface area contributed by atoms with E-state index in [9.17, 15) is 9.18 Å². The van der Waals surface area contributed by atoms with Crippen molar-refractivity contribution in [3.05, 3.63) is 46.0 Å². The van der Waals surface area contributed by atoms with E-state index < -0.39 is 11.8 Å². The molecule has 106 valence electrons. The van der Waals surface area contributed by atoms with Crippen LogP contribution in [0.4, 0.5) is 10.1 Å². The first-order valence-corrected chi connectivity index (χ1v) is 6.18. The number of aryl methyl sites for hydroxylation is 2. The van der Waals surface area contributed by atoms with Gasteiger partial charge in [-0.15, -0.1) is 0 Å². The van der Waals surface area contributed by atoms with E-state index in [1.807, 2.05) is 0 Å². The zero-order valence-corrected chi connectivity index (χ0v) is 11.7. The summed E-state index contributed by atoms with van der Waals surface area (Å²) in [6, 6.07) is 3.72. The smallest absolute Gasteiger partial charge is 0.341 e. The van der Waals surface area contributed by atoms with E-state index >= 15 is 0 Å². The molecule has 2 rings (SSSR count). The van der Waals surface area contributed by atoms with E-state index in [1.54, 1.807) is 14.0 Å². The lowest BCUT2D eigenvalue weighted by Crippen LogP contribution is -2.10. The molecule has 0 atom stereocenters. The van der Waals surface area contributed by atoms with Crippen LogP contribution in [0.5, 0.6) is 0 Å². The van der Waals surface area contributed by atoms with Crippen molar-refractivity contribution in [2.75, 3.05) is 5.73 Å². The van der Waals surface area contributed by atoms with E-state index in [2.05, 4.69) is 5.10 Å². The highest BCUT2D eigenvalue weighted by Gasteiger charge is 2.17. The number of carbonyl (C=O) groups is 1. The topological polar surface area (TPSA) is 70.1 Å². The fourth-order valence-corrected chi connectivity index (χ4v) is 1.96. The number of nitrogen functional groups attached to an aromatic ring is 1. The third kappa shape index (κ3) is 2.75. The fourth-order valence-electron chi connectivity index (χ4n) is 1.75. The van der Waals surface area contributed by atoms with Gasteiger partial charge in [0, 0.05) is 12.7 Å². The highest BCUT2D eigenvalue weighted by atomic mass is 35.5. The minimum atomic E-state index is -0.801. The molecule has 0 radical (unpaired) electrons. The molecular formula is C13H13ClFN3O2. The molecule has 0 saturated carbocycles. The molecule has 20 heavy (non-hydrogen) atoms. The molecule has 1 aromatic heterocycles. The molecule has 1 aromatic carbocycles. The predicted octanol–water partition coefficient (Wildman–Crippen LogP) is 2.46. The van der Waals surface area contributed by atoms with E-state index in [4.69, 9.17) is 22.1 Å². The maximum Gasteiger partial charge on any atom is 0.341 e. The van der Waals surface area contributed by atoms with Crippen molar-refractivity contribution in [1.82, 2.24) is 9.78 Å². The standard InChI is InChI=1S/C13H13ClFN3O2/c1-7-12(14)11(18(2)17-7)6-20-13(19)9-5-8(16)3-4-10(9)15/h3-5H,6,16H2,1-2H3. The molecule has 0 bridgehead atoms. The summed E-state index contributed by atoms with van der Waals surface area (Å²) in [4.78, 5) is 11.8. The minimum Gasteiger partial charge on any atom is -0.455 e. The van der Waals surface area contributed by atoms with Gasteiger partial charge in [-0.25, -0.2) is 9.18 Å². The molecule has 0 unspecified atom stereocenters. The molecule has 0 saturated heterocycles. The maximum atomic E-state index is 13.5. The Morgan fingerprint density at radius 1 is 1.55 bits per heavy atom. The Morgan fingerprint density at radius 3 is 2.85 bits per heavy atom. The van der Waals surface area contributed by atoms with Gasteiger partial charge in [-0.05, 0) is 25.1 Å². The SMILES string of the molecule is Cc1nn(C)c(COC(=O)c2cc(N)ccc2F)c1Cl. The van der Waals surface area contributed by atoms with Gasteiger partial charge in [0.05, 0.1) is 22.0 Å². The Bertz CT molecular complexity index is 670. The molecule has 2 aromatic rings. The van der Waals surface area contributed by atoms with Crippen LogP contribution in [0.25, 0.3) is 0 Å². The van der Waals surface area contributed by atoms with Crippen molar-refractivity contribution in [2.24, 2.45) is 7.05 Å². The van der Waals surface area contributed by atoms with Gasteiger partial charge in [0.2, 0.25) is 0 Å². The molecule has 0 aliphatic rings. The van der Waals surface area contributed by atoms with Crippen molar-refractivity contribution < 1.29 is 13.9 Å². The highest BCUT2D eigenvalue weighted by molar-refractivity contribution is 6.31. The molecule has 2 N–H and O–H groups in total. The molecular weight excluding hydrogens is 285 g/mol. The van der Waals surface area contributed by atoms with Gasteiger partial charge in [0.25, 0.3) is 0 Å². The summed E-state index contributed by atoms with van der Waals surface area (Å²) < 4.78 is 20.1. The Morgan fingerprint density at radius 2 is 2.25 bits per heavy atom. The van der Waals surface area contributed by atoms with E-state index in [0.717, 1.165) is 6.07 Å². The zero-order chi connectivity index (χ0) is 14.9. The number of esters is 1. The monoisotopic (exact) mass is 297 g/mol. The fraction of sp³-hybridized carbons (Fsp3) is 0.231. The van der Waals surface area contributed by atoms with Crippen LogP contribution in [0.15, 0.2) is 18.2 Å². The van der Waals surface area contributed by atoms with Gasteiger partial charge in [0.1, 0.15) is 12.4 Å². The molecule has 5 nitrogen and oxygen atoms in total. The van der Waals surface area contributed by atoms with Crippen LogP contribution in [0.2, 0.25) is 5.02 Å². The van der Waals surface area contributed by atoms with Gasteiger partial charge in [-0.3, -0.25) is 4.68 Å². The van der Waals surface area contributed by atoms with Crippen LogP contribution < -0.4 is 5.73 Å². The Balaban J connectivity index is 2.15. The quantitative estimate of drug-likeness (QED) is 0.698. The van der Waals surface area contributed by atoms with E-state index in [1.165, 1.54) is 16.8 Å². The lowest BCUT2D eigenvalue weighted by Gasteiger charge is -2.07. The summed E-state index contributed by atoms with van der Waals surface area (Å²) in [5.41, 5.74) is 6.77. The molecule has 0 fully saturated rings. The summed E-state index contributed by atoms with van der Waals surface area (Å²) in [6.45, 7) is 1.65. The van der Waals surface area contributed by atoms with Crippen molar-refractivity contribution in [3.63, 3.8) is 0 Å². The Labute approximate surface area is 120 Å². The van der Waals surface area contributed by atoms with Gasteiger partial charge < -0.3 is 10.5 Å². The number of nitrogens with zero attached hydrogens (tertiary/aromatic N) is 2. The minimum absolute atomic E-state index is 0.0940. The second kappa shape index (κ2) is 5.50. The normalized spacial score (nSPS) is 10.6. The van der Waals surface area contributed by atoms with Crippen LogP contribution in [-0.2, 0) is 18.4 Å². The third-order valence-corrected chi connectivity index (χ3v) is 3.30. The summed E-state index contributed by atoms with van der Waals surface area (Å²) in [5, 5.41) is 4.52. The summed E-state index contributed by atoms with van der Waals surface area (Å²) >= 11 is 6.03. The van der Waals surface area contributed by atoms with Gasteiger partial charge >= 0.3 is 5.97 Å². The Hall–Kier alpha value is -2.08. The lowest BCUT2D eigenvalue weighted by molar-refractivity contribution is 0.0458. The van der Waals surface area contributed by atoms with Crippen molar-refractivity contribution >= 4 is 23.3 Å². The third-order valence-electron chi connectivity index (χ3n) is 2.81. The highest BCUT2D eigenvalue weighted by Crippen LogP contribution is 2.21. The van der Waals surface area contributed by atoms with Crippen LogP contribution in [0.1, 0.15) is 21.7 Å². The van der Waals surface area contributed by atoms with Crippen LogP contribution in [-0.4, -0.2) is 15.7 Å². The number of aromatic nitrogens is 2. The zero-order valence-electron chi connectivity index (χ0n) is 11.0. The molecule has 0 spiro atoms. The number of nitrogens with two attached hydrogens (primary N) is 1. The first-order chi connectivity index (χ1) is 9.40. The van der Waals surface area contributed by atoms with Gasteiger partial charge in [-0.1, -0.05) is 11.6 Å². The molecule has 0 aliphatic heterocycles. The molecule has 7 heteroatoms. The number of anilines is 1. The molecule has 0 amide bonds. The number of carbonyl (C=O) groups excluding carboxylic acids is 1. The summed E-state index contributed by atoms with van der Waals surface area (Å²) in [7, 11) is 1.68. The van der Waals surface area contributed by atoms with Gasteiger partial charge in [0.15, 0.2) is 0 Å². The van der Waals surface area contributed by atoms with E-state index in [-0.39, 0.29) is 17.9 Å². The predicted molar refractivity (Wildman–Crippen MR) is 72.9 cm³/mol. The second-order valence-corrected chi connectivity index (χ2v) is 4.66. The van der Waals surface area contributed by atoms with Crippen LogP contribution in [0, 0.1) is 12.7 Å². The molecule has 0 aliphatic carbocycles. The number of rotatable bonds is 3. The van der Waals surface area contributed by atoms with Gasteiger partial charge in [-0.2, -0.15) is 5.10 Å². The Kier molecular flexibility index (Phi) is 3.94. The second-order valence-electron chi connectivity index (χ2n) is 4.29. The average molecular weight is 298 g/mol. The summed E-state index contributed by atoms with van der Waals surface area (Å²) in [5.74, 6) is -1.48. The first kappa shape index (κ1) is 14.3. The van der Waals surface area contributed by atoms with Crippen molar-refractivity contribution in [3.8, 4) is 0 Å². The van der Waals surface area contributed by atoms with Crippen LogP contribution in [0.3, 0.4) is 0 Å². The number of ether oxygens (including phenoxy) is 1. The van der Waals surface area contributed by atoms with Crippen molar-refractivity contribution in [1.29, 1.82) is 0 Å².